The van der Waals surface area contributed by atoms with Crippen molar-refractivity contribution in [3.8, 4) is 90.5 Å². The summed E-state index contributed by atoms with van der Waals surface area (Å²) in [4.78, 5) is 9.29. The molecule has 2 aliphatic heterocycles. The minimum atomic E-state index is -0.273. The molecule has 0 fully saturated rings. The summed E-state index contributed by atoms with van der Waals surface area (Å²) in [5.41, 5.74) is 23.7. The molecule has 0 spiro atoms. The zero-order valence-corrected chi connectivity index (χ0v) is 74.5. The number of ether oxygens (including phenoxy) is 4. The van der Waals surface area contributed by atoms with Gasteiger partial charge in [-0.3, -0.25) is 0 Å². The molecular formula is C124H84BBrN4O4. The molecule has 2 heterocycles. The van der Waals surface area contributed by atoms with Crippen molar-refractivity contribution in [1.82, 2.24) is 0 Å². The topological polar surface area (TPSA) is 49.9 Å². The maximum Gasteiger partial charge on any atom is 0.262 e. The lowest BCUT2D eigenvalue weighted by atomic mass is 9.33. The van der Waals surface area contributed by atoms with Crippen molar-refractivity contribution in [2.45, 2.75) is 0 Å². The third-order valence-electron chi connectivity index (χ3n) is 25.3. The maximum absolute atomic E-state index is 7.56. The number of fused-ring (bicyclic) bond motifs is 10. The Hall–Kier alpha value is -17.2. The van der Waals surface area contributed by atoms with E-state index in [2.05, 4.69) is 509 Å². The van der Waals surface area contributed by atoms with Crippen LogP contribution in [0.1, 0.15) is 0 Å². The summed E-state index contributed by atoms with van der Waals surface area (Å²) in [5, 5.41) is 8.78. The van der Waals surface area contributed by atoms with Crippen molar-refractivity contribution in [2.75, 3.05) is 19.6 Å². The predicted molar refractivity (Wildman–Crippen MR) is 562 cm³/mol. The Labute approximate surface area is 787 Å². The maximum atomic E-state index is 7.56. The summed E-state index contributed by atoms with van der Waals surface area (Å²) >= 11 is 4.16. The van der Waals surface area contributed by atoms with Gasteiger partial charge < -0.3 is 38.5 Å². The average Bonchev–Trinajstić information content (AvgIpc) is 0.687. The van der Waals surface area contributed by atoms with Gasteiger partial charge in [0, 0.05) is 119 Å². The van der Waals surface area contributed by atoms with E-state index in [4.69, 9.17) is 18.9 Å². The van der Waals surface area contributed by atoms with Crippen molar-refractivity contribution >= 4 is 150 Å². The second-order valence-electron chi connectivity index (χ2n) is 33.4. The van der Waals surface area contributed by atoms with Crippen LogP contribution in [0.25, 0.3) is 87.6 Å². The summed E-state index contributed by atoms with van der Waals surface area (Å²) < 4.78 is 30.4. The molecular weight excluding hydrogens is 1700 g/mol. The lowest BCUT2D eigenvalue weighted by Gasteiger charge is -2.38. The zero-order chi connectivity index (χ0) is 89.2. The van der Waals surface area contributed by atoms with E-state index < -0.39 is 0 Å². The first kappa shape index (κ1) is 81.3. The van der Waals surface area contributed by atoms with E-state index in [-0.39, 0.29) is 6.71 Å². The Kier molecular flexibility index (Phi) is 21.9. The number of anilines is 12. The Balaban J connectivity index is 0.000000151. The molecule has 0 radical (unpaired) electrons. The molecule has 0 aliphatic carbocycles. The van der Waals surface area contributed by atoms with Crippen molar-refractivity contribution in [2.24, 2.45) is 0 Å². The van der Waals surface area contributed by atoms with Gasteiger partial charge in [0.25, 0.3) is 6.71 Å². The second-order valence-corrected chi connectivity index (χ2v) is 34.1. The predicted octanol–water partition coefficient (Wildman–Crippen LogP) is 33.6. The van der Waals surface area contributed by atoms with Gasteiger partial charge in [0.15, 0.2) is 11.5 Å². The lowest BCUT2D eigenvalue weighted by Crippen LogP contribution is -2.58. The van der Waals surface area contributed by atoms with E-state index in [0.717, 1.165) is 195 Å². The molecule has 22 aromatic carbocycles. The number of hydrogen-bond acceptors (Lipinski definition) is 8. The fourth-order valence-corrected chi connectivity index (χ4v) is 20.0. The number of nitrogens with zero attached hydrogens (tertiary/aromatic N) is 4. The lowest BCUT2D eigenvalue weighted by molar-refractivity contribution is 0.458. The molecule has 0 atom stereocenters. The van der Waals surface area contributed by atoms with Gasteiger partial charge in [-0.15, -0.1) is 0 Å². The number of rotatable bonds is 20. The van der Waals surface area contributed by atoms with E-state index in [1.807, 2.05) is 36.4 Å². The SMILES string of the molecule is Brc1c(Oc2cc(N(c3ccccc3)c3ccccc3)c3ccccc3c2)c(-c2ccccc2)cc(-c2ccccc2)c1Oc1cc(N(c2ccccc2)c2ccccc2)c2ccccc2c1.c1ccc(-c2cc(-c3ccccc3)c3c4c2Oc2cc(N(c5ccccc5)c5ccccc5)c5ccccc5c2B4c2c(cc(N(c4ccccc4)c4ccccc4)c4ccccc24)O3)cc1. The summed E-state index contributed by atoms with van der Waals surface area (Å²) in [6.45, 7) is -0.273. The van der Waals surface area contributed by atoms with E-state index >= 15 is 0 Å². The molecule has 0 aromatic heterocycles. The molecule has 8 nitrogen and oxygen atoms in total. The van der Waals surface area contributed by atoms with Gasteiger partial charge in [-0.05, 0) is 192 Å². The van der Waals surface area contributed by atoms with E-state index in [1.54, 1.807) is 0 Å². The molecule has 24 rings (SSSR count). The van der Waals surface area contributed by atoms with Crippen molar-refractivity contribution < 1.29 is 18.9 Å². The molecule has 22 aromatic rings. The van der Waals surface area contributed by atoms with E-state index in [9.17, 15) is 0 Å². The Morgan fingerprint density at radius 1 is 0.201 bits per heavy atom. The minimum absolute atomic E-state index is 0.273. The van der Waals surface area contributed by atoms with Crippen LogP contribution in [0.5, 0.6) is 46.0 Å². The fraction of sp³-hybridized carbons (Fsp3) is 0. The molecule has 2 aliphatic rings. The quantitative estimate of drug-likeness (QED) is 0.0700. The van der Waals surface area contributed by atoms with Gasteiger partial charge in [0.2, 0.25) is 0 Å². The van der Waals surface area contributed by atoms with Crippen LogP contribution in [0.3, 0.4) is 0 Å². The first-order chi connectivity index (χ1) is 66.4. The Bertz CT molecular complexity index is 7420. The van der Waals surface area contributed by atoms with Crippen molar-refractivity contribution in [3.05, 3.63) is 514 Å². The molecule has 0 saturated carbocycles. The highest BCUT2D eigenvalue weighted by atomic mass is 79.9. The largest absolute Gasteiger partial charge is 0.458 e. The van der Waals surface area contributed by atoms with Crippen LogP contribution in [0, 0.1) is 0 Å². The summed E-state index contributed by atoms with van der Waals surface area (Å²) in [5.74, 6) is 5.85. The highest BCUT2D eigenvalue weighted by Crippen LogP contribution is 2.56. The Morgan fingerprint density at radius 2 is 0.425 bits per heavy atom. The smallest absolute Gasteiger partial charge is 0.262 e. The zero-order valence-electron chi connectivity index (χ0n) is 72.9. The highest BCUT2D eigenvalue weighted by Gasteiger charge is 2.46. The minimum Gasteiger partial charge on any atom is -0.458 e. The summed E-state index contributed by atoms with van der Waals surface area (Å²) in [6, 6.07) is 179. The van der Waals surface area contributed by atoms with Crippen LogP contribution in [0.2, 0.25) is 0 Å². The van der Waals surface area contributed by atoms with Gasteiger partial charge in [0.1, 0.15) is 39.0 Å². The summed E-state index contributed by atoms with van der Waals surface area (Å²) in [6.07, 6.45) is 0. The highest BCUT2D eigenvalue weighted by molar-refractivity contribution is 9.10. The van der Waals surface area contributed by atoms with E-state index in [0.29, 0.717) is 27.5 Å². The standard InChI is InChI=1S/C62H41BN2O2.C62H43BrN2O2/c1-7-23-42(24-8-1)52-39-53(43-25-9-2-10-26-43)62-60-61(52)66-56-40-54(64(44-27-11-3-12-28-44)45-29-13-4-14-30-45)48-35-19-21-37-50(48)58(56)63(60)59-51-38-22-20-36-49(51)55(41-57(59)67-62)65(46-31-15-5-16-32-46)47-33-17-6-18-34-47;63-60-61(66-52-39-46-27-19-21-37-54(46)58(41-52)64(48-29-11-3-12-30-48)49-31-13-4-14-32-49)56(44-23-7-1-8-24-44)43-57(45-25-9-2-10-26-45)62(60)67-53-40-47-28-20-22-38-55(47)59(42-53)65(50-33-15-5-16-34-50)51-35-17-6-18-36-51/h1-41H;1-43H. The van der Waals surface area contributed by atoms with Gasteiger partial charge in [0.05, 0.1) is 22.7 Å². The third-order valence-corrected chi connectivity index (χ3v) is 26.0. The van der Waals surface area contributed by atoms with Crippen LogP contribution >= 0.6 is 15.9 Å². The van der Waals surface area contributed by atoms with Crippen LogP contribution in [-0.4, -0.2) is 6.71 Å². The first-order valence-electron chi connectivity index (χ1n) is 45.2. The molecule has 134 heavy (non-hydrogen) atoms. The fourth-order valence-electron chi connectivity index (χ4n) is 19.4. The van der Waals surface area contributed by atoms with Gasteiger partial charge in [-0.25, -0.2) is 0 Å². The number of para-hydroxylation sites is 8. The summed E-state index contributed by atoms with van der Waals surface area (Å²) in [7, 11) is 0. The number of hydrogen-bond donors (Lipinski definition) is 0. The van der Waals surface area contributed by atoms with Crippen molar-refractivity contribution in [1.29, 1.82) is 0 Å². The van der Waals surface area contributed by atoms with Crippen LogP contribution in [0.4, 0.5) is 68.2 Å². The molecule has 0 saturated heterocycles. The van der Waals surface area contributed by atoms with Crippen LogP contribution in [0.15, 0.2) is 514 Å². The molecule has 0 bridgehead atoms. The van der Waals surface area contributed by atoms with Crippen molar-refractivity contribution in [3.63, 3.8) is 0 Å². The van der Waals surface area contributed by atoms with Gasteiger partial charge in [-0.1, -0.05) is 364 Å². The molecule has 0 unspecified atom stereocenters. The number of benzene rings is 22. The molecule has 0 N–H and O–H groups in total. The Morgan fingerprint density at radius 3 is 0.709 bits per heavy atom. The second kappa shape index (κ2) is 36.0. The monoisotopic (exact) mass is 1780 g/mol. The average molecular weight is 1780 g/mol. The van der Waals surface area contributed by atoms with Gasteiger partial charge in [-0.2, -0.15) is 0 Å². The van der Waals surface area contributed by atoms with E-state index in [1.165, 1.54) is 0 Å². The third kappa shape index (κ3) is 15.4. The van der Waals surface area contributed by atoms with Crippen LogP contribution < -0.4 is 54.9 Å². The molecule has 10 heteroatoms. The van der Waals surface area contributed by atoms with Crippen LogP contribution in [-0.2, 0) is 0 Å². The number of halogens is 1. The normalized spacial score (nSPS) is 11.6. The van der Waals surface area contributed by atoms with Gasteiger partial charge >= 0.3 is 0 Å². The molecule has 634 valence electrons. The first-order valence-corrected chi connectivity index (χ1v) is 46.0. The molecule has 0 amide bonds.